The summed E-state index contributed by atoms with van der Waals surface area (Å²) in [5.41, 5.74) is 11.8. The fraction of sp³-hybridized carbons (Fsp3) is 0. The smallest absolute Gasteiger partial charge is 0.235 e. The SMILES string of the molecule is c1ccc(-n2c3ccccc3c3ccc(-c4nc(-n5c6cc(-n7c8ccccc8c8ccccc87)ccc6c6c7ccccc7ccc65)nc5ccccc45)cc32)cc1. The first-order valence-electron chi connectivity index (χ1n) is 20.1. The van der Waals surface area contributed by atoms with Gasteiger partial charge in [0.2, 0.25) is 5.95 Å². The van der Waals surface area contributed by atoms with Crippen LogP contribution in [0.25, 0.3) is 116 Å². The molecule has 4 heterocycles. The third kappa shape index (κ3) is 4.61. The third-order valence-electron chi connectivity index (χ3n) is 12.2. The largest absolute Gasteiger partial charge is 0.309 e. The first-order valence-corrected chi connectivity index (χ1v) is 20.1. The van der Waals surface area contributed by atoms with Crippen LogP contribution in [0.15, 0.2) is 200 Å². The standard InChI is InChI=1S/C54H33N5/c1-2-15-36(16-3-1)57-46-23-11-9-20-41(46)42-29-26-35(32-50(42)57)53-43-21-6-10-22-45(43)55-54(56-53)59-49-31-27-34-14-4-5-17-38(34)52(49)44-30-28-37(33-51(44)59)58-47-24-12-7-18-39(47)40-19-8-13-25-48(40)58/h1-33H. The van der Waals surface area contributed by atoms with Gasteiger partial charge in [0.1, 0.15) is 0 Å². The summed E-state index contributed by atoms with van der Waals surface area (Å²) in [4.78, 5) is 11.0. The molecule has 9 aromatic carbocycles. The molecule has 59 heavy (non-hydrogen) atoms. The molecule has 0 saturated carbocycles. The number of aromatic nitrogens is 5. The van der Waals surface area contributed by atoms with Crippen LogP contribution in [0.2, 0.25) is 0 Å². The minimum Gasteiger partial charge on any atom is -0.309 e. The maximum absolute atomic E-state index is 5.59. The van der Waals surface area contributed by atoms with E-state index < -0.39 is 0 Å². The van der Waals surface area contributed by atoms with Crippen molar-refractivity contribution in [3.8, 4) is 28.6 Å². The lowest BCUT2D eigenvalue weighted by molar-refractivity contribution is 1.01. The molecule has 0 bridgehead atoms. The zero-order valence-electron chi connectivity index (χ0n) is 31.8. The summed E-state index contributed by atoms with van der Waals surface area (Å²) in [5.74, 6) is 0.636. The number of hydrogen-bond donors (Lipinski definition) is 0. The van der Waals surface area contributed by atoms with Gasteiger partial charge in [-0.15, -0.1) is 0 Å². The molecule has 0 aliphatic carbocycles. The van der Waals surface area contributed by atoms with Gasteiger partial charge in [-0.05, 0) is 71.4 Å². The van der Waals surface area contributed by atoms with Crippen LogP contribution in [0.3, 0.4) is 0 Å². The van der Waals surface area contributed by atoms with E-state index in [1.165, 1.54) is 54.3 Å². The normalized spacial score (nSPS) is 12.1. The highest BCUT2D eigenvalue weighted by atomic mass is 15.2. The summed E-state index contributed by atoms with van der Waals surface area (Å²) in [7, 11) is 0. The second-order valence-corrected chi connectivity index (χ2v) is 15.4. The van der Waals surface area contributed by atoms with Crippen molar-refractivity contribution in [1.82, 2.24) is 23.7 Å². The molecule has 0 N–H and O–H groups in total. The minimum atomic E-state index is 0.636. The highest BCUT2D eigenvalue weighted by Crippen LogP contribution is 2.41. The van der Waals surface area contributed by atoms with Gasteiger partial charge in [0, 0.05) is 54.6 Å². The molecule has 13 rings (SSSR count). The van der Waals surface area contributed by atoms with Gasteiger partial charge in [0.05, 0.1) is 44.3 Å². The van der Waals surface area contributed by atoms with Gasteiger partial charge in [-0.1, -0.05) is 140 Å². The van der Waals surface area contributed by atoms with Crippen LogP contribution in [0.1, 0.15) is 0 Å². The first kappa shape index (κ1) is 32.1. The van der Waals surface area contributed by atoms with Crippen LogP contribution in [-0.2, 0) is 0 Å². The first-order chi connectivity index (χ1) is 29.3. The number of nitrogens with zero attached hydrogens (tertiary/aromatic N) is 5. The second-order valence-electron chi connectivity index (χ2n) is 15.4. The quantitative estimate of drug-likeness (QED) is 0.180. The monoisotopic (exact) mass is 751 g/mol. The van der Waals surface area contributed by atoms with Gasteiger partial charge in [0.15, 0.2) is 0 Å². The van der Waals surface area contributed by atoms with Gasteiger partial charge in [-0.3, -0.25) is 4.57 Å². The van der Waals surface area contributed by atoms with E-state index in [0.29, 0.717) is 5.95 Å². The Balaban J connectivity index is 1.12. The minimum absolute atomic E-state index is 0.636. The Morgan fingerprint density at radius 3 is 1.59 bits per heavy atom. The summed E-state index contributed by atoms with van der Waals surface area (Å²) in [6, 6.07) is 71.9. The van der Waals surface area contributed by atoms with E-state index in [2.05, 4.69) is 214 Å². The van der Waals surface area contributed by atoms with Crippen LogP contribution < -0.4 is 0 Å². The van der Waals surface area contributed by atoms with E-state index >= 15 is 0 Å². The molecule has 0 aliphatic rings. The zero-order valence-corrected chi connectivity index (χ0v) is 31.8. The molecule has 0 aliphatic heterocycles. The van der Waals surface area contributed by atoms with Crippen molar-refractivity contribution in [2.45, 2.75) is 0 Å². The van der Waals surface area contributed by atoms with Crippen molar-refractivity contribution in [2.75, 3.05) is 0 Å². The van der Waals surface area contributed by atoms with Crippen molar-refractivity contribution in [3.05, 3.63) is 200 Å². The van der Waals surface area contributed by atoms with Gasteiger partial charge >= 0.3 is 0 Å². The number of fused-ring (bicyclic) bond motifs is 12. The van der Waals surface area contributed by atoms with Crippen molar-refractivity contribution in [2.24, 2.45) is 0 Å². The Morgan fingerprint density at radius 2 is 0.864 bits per heavy atom. The van der Waals surface area contributed by atoms with Crippen LogP contribution in [0.5, 0.6) is 0 Å². The molecule has 5 nitrogen and oxygen atoms in total. The summed E-state index contributed by atoms with van der Waals surface area (Å²) in [6.45, 7) is 0. The molecule has 5 heteroatoms. The van der Waals surface area contributed by atoms with Crippen molar-refractivity contribution >= 4 is 87.1 Å². The average molecular weight is 752 g/mol. The molecule has 0 spiro atoms. The maximum Gasteiger partial charge on any atom is 0.235 e. The van der Waals surface area contributed by atoms with E-state index in [0.717, 1.165) is 55.5 Å². The van der Waals surface area contributed by atoms with Crippen molar-refractivity contribution < 1.29 is 0 Å². The highest BCUT2D eigenvalue weighted by molar-refractivity contribution is 6.22. The van der Waals surface area contributed by atoms with Crippen molar-refractivity contribution in [3.63, 3.8) is 0 Å². The lowest BCUT2D eigenvalue weighted by Crippen LogP contribution is -2.04. The lowest BCUT2D eigenvalue weighted by Gasteiger charge is -2.13. The van der Waals surface area contributed by atoms with E-state index in [1.54, 1.807) is 0 Å². The zero-order chi connectivity index (χ0) is 38.6. The molecule has 0 saturated heterocycles. The van der Waals surface area contributed by atoms with Gasteiger partial charge < -0.3 is 9.13 Å². The van der Waals surface area contributed by atoms with Gasteiger partial charge in [-0.2, -0.15) is 0 Å². The number of benzene rings is 9. The van der Waals surface area contributed by atoms with Crippen LogP contribution in [0, 0.1) is 0 Å². The molecular weight excluding hydrogens is 719 g/mol. The molecule has 0 fully saturated rings. The number of rotatable bonds is 4. The molecule has 0 unspecified atom stereocenters. The van der Waals surface area contributed by atoms with Gasteiger partial charge in [-0.25, -0.2) is 9.97 Å². The van der Waals surface area contributed by atoms with Crippen LogP contribution >= 0.6 is 0 Å². The summed E-state index contributed by atoms with van der Waals surface area (Å²) < 4.78 is 7.04. The van der Waals surface area contributed by atoms with E-state index in [-0.39, 0.29) is 0 Å². The van der Waals surface area contributed by atoms with Gasteiger partial charge in [0.25, 0.3) is 0 Å². The fourth-order valence-corrected chi connectivity index (χ4v) is 9.69. The molecule has 274 valence electrons. The maximum atomic E-state index is 5.59. The molecular formula is C54H33N5. The molecule has 0 amide bonds. The van der Waals surface area contributed by atoms with E-state index in [1.807, 2.05) is 0 Å². The number of hydrogen-bond acceptors (Lipinski definition) is 2. The molecule has 13 aromatic rings. The Morgan fingerprint density at radius 1 is 0.305 bits per heavy atom. The topological polar surface area (TPSA) is 40.6 Å². The Labute approximate surface area is 338 Å². The summed E-state index contributed by atoms with van der Waals surface area (Å²) in [5, 5.41) is 10.7. The second kappa shape index (κ2) is 12.2. The predicted molar refractivity (Wildman–Crippen MR) is 245 cm³/mol. The van der Waals surface area contributed by atoms with Crippen LogP contribution in [-0.4, -0.2) is 23.7 Å². The summed E-state index contributed by atoms with van der Waals surface area (Å²) in [6.07, 6.45) is 0. The van der Waals surface area contributed by atoms with Crippen molar-refractivity contribution in [1.29, 1.82) is 0 Å². The fourth-order valence-electron chi connectivity index (χ4n) is 9.69. The Kier molecular flexibility index (Phi) is 6.66. The predicted octanol–water partition coefficient (Wildman–Crippen LogP) is 13.7. The Hall–Kier alpha value is -8.02. The Bertz CT molecular complexity index is 3800. The number of para-hydroxylation sites is 5. The highest BCUT2D eigenvalue weighted by Gasteiger charge is 2.22. The molecule has 0 atom stereocenters. The summed E-state index contributed by atoms with van der Waals surface area (Å²) >= 11 is 0. The average Bonchev–Trinajstić information content (AvgIpc) is 3.94. The molecule has 4 aromatic heterocycles. The third-order valence-corrected chi connectivity index (χ3v) is 12.2. The lowest BCUT2D eigenvalue weighted by atomic mass is 10.0. The van der Waals surface area contributed by atoms with E-state index in [4.69, 9.17) is 9.97 Å². The van der Waals surface area contributed by atoms with E-state index in [9.17, 15) is 0 Å². The van der Waals surface area contributed by atoms with Crippen LogP contribution in [0.4, 0.5) is 0 Å². The molecule has 0 radical (unpaired) electrons.